The van der Waals surface area contributed by atoms with Gasteiger partial charge in [-0.15, -0.1) is 0 Å². The van der Waals surface area contributed by atoms with Gasteiger partial charge in [-0.1, -0.05) is 19.2 Å². The molecule has 1 atom stereocenters. The highest BCUT2D eigenvalue weighted by atomic mass is 16.6. The van der Waals surface area contributed by atoms with E-state index in [1.165, 1.54) is 0 Å². The summed E-state index contributed by atoms with van der Waals surface area (Å²) in [4.78, 5) is 26.2. The lowest BCUT2D eigenvalue weighted by Gasteiger charge is -2.15. The standard InChI is InChI=1S/C13H13NO4/c1-3-12(15)17-9-11(18-13(16)4-2)10-7-5-6-8-14-10/h3-8,11H,1-2,9H2. The van der Waals surface area contributed by atoms with Crippen molar-refractivity contribution in [1.82, 2.24) is 4.98 Å². The lowest BCUT2D eigenvalue weighted by Crippen LogP contribution is -2.18. The predicted molar refractivity (Wildman–Crippen MR) is 64.4 cm³/mol. The molecule has 0 aromatic carbocycles. The van der Waals surface area contributed by atoms with Gasteiger partial charge in [-0.2, -0.15) is 0 Å². The maximum atomic E-state index is 11.2. The zero-order valence-corrected chi connectivity index (χ0v) is 9.74. The van der Waals surface area contributed by atoms with E-state index in [1.807, 2.05) is 0 Å². The van der Waals surface area contributed by atoms with Crippen LogP contribution in [0.15, 0.2) is 49.7 Å². The molecule has 1 aromatic rings. The maximum Gasteiger partial charge on any atom is 0.330 e. The van der Waals surface area contributed by atoms with Crippen molar-refractivity contribution in [2.75, 3.05) is 6.61 Å². The van der Waals surface area contributed by atoms with Gasteiger partial charge in [0.05, 0.1) is 5.69 Å². The van der Waals surface area contributed by atoms with Crippen molar-refractivity contribution in [2.45, 2.75) is 6.10 Å². The van der Waals surface area contributed by atoms with Gasteiger partial charge in [-0.25, -0.2) is 9.59 Å². The van der Waals surface area contributed by atoms with E-state index in [9.17, 15) is 9.59 Å². The second-order valence-corrected chi connectivity index (χ2v) is 3.22. The van der Waals surface area contributed by atoms with Crippen LogP contribution in [0.5, 0.6) is 0 Å². The topological polar surface area (TPSA) is 65.5 Å². The van der Waals surface area contributed by atoms with Gasteiger partial charge in [0, 0.05) is 18.3 Å². The molecule has 5 nitrogen and oxygen atoms in total. The second-order valence-electron chi connectivity index (χ2n) is 3.22. The van der Waals surface area contributed by atoms with Crippen LogP contribution < -0.4 is 0 Å². The smallest absolute Gasteiger partial charge is 0.330 e. The summed E-state index contributed by atoms with van der Waals surface area (Å²) in [5.74, 6) is -1.20. The Morgan fingerprint density at radius 3 is 2.56 bits per heavy atom. The van der Waals surface area contributed by atoms with Crippen molar-refractivity contribution >= 4 is 11.9 Å². The van der Waals surface area contributed by atoms with E-state index in [0.29, 0.717) is 5.69 Å². The monoisotopic (exact) mass is 247 g/mol. The lowest BCUT2D eigenvalue weighted by molar-refractivity contribution is -0.153. The Bertz CT molecular complexity index is 442. The van der Waals surface area contributed by atoms with Crippen LogP contribution in [0.2, 0.25) is 0 Å². The van der Waals surface area contributed by atoms with Gasteiger partial charge in [0.15, 0.2) is 6.10 Å². The summed E-state index contributed by atoms with van der Waals surface area (Å²) in [6, 6.07) is 5.14. The molecular weight excluding hydrogens is 234 g/mol. The van der Waals surface area contributed by atoms with Crippen LogP contribution in [0, 0.1) is 0 Å². The van der Waals surface area contributed by atoms with Gasteiger partial charge in [0.1, 0.15) is 6.61 Å². The normalized spacial score (nSPS) is 11.1. The van der Waals surface area contributed by atoms with E-state index in [1.54, 1.807) is 24.4 Å². The van der Waals surface area contributed by atoms with E-state index in [-0.39, 0.29) is 6.61 Å². The van der Waals surface area contributed by atoms with Gasteiger partial charge in [0.2, 0.25) is 0 Å². The molecule has 0 aliphatic heterocycles. The molecule has 5 heteroatoms. The minimum Gasteiger partial charge on any atom is -0.458 e. The fourth-order valence-corrected chi connectivity index (χ4v) is 1.15. The first kappa shape index (κ1) is 13.6. The van der Waals surface area contributed by atoms with E-state index >= 15 is 0 Å². The molecule has 1 aromatic heterocycles. The fourth-order valence-electron chi connectivity index (χ4n) is 1.15. The Labute approximate surface area is 105 Å². The van der Waals surface area contributed by atoms with Crippen molar-refractivity contribution < 1.29 is 19.1 Å². The number of esters is 2. The average Bonchev–Trinajstić information content (AvgIpc) is 2.43. The molecule has 0 aliphatic carbocycles. The highest BCUT2D eigenvalue weighted by molar-refractivity contribution is 5.82. The van der Waals surface area contributed by atoms with Gasteiger partial charge in [-0.3, -0.25) is 4.98 Å². The van der Waals surface area contributed by atoms with Crippen molar-refractivity contribution in [1.29, 1.82) is 0 Å². The molecule has 0 bridgehead atoms. The summed E-state index contributed by atoms with van der Waals surface area (Å²) < 4.78 is 9.89. The third kappa shape index (κ3) is 4.21. The number of rotatable bonds is 6. The highest BCUT2D eigenvalue weighted by Crippen LogP contribution is 2.15. The van der Waals surface area contributed by atoms with Crippen LogP contribution in [0.3, 0.4) is 0 Å². The zero-order chi connectivity index (χ0) is 13.4. The van der Waals surface area contributed by atoms with Crippen molar-refractivity contribution in [3.63, 3.8) is 0 Å². The Balaban J connectivity index is 2.75. The Kier molecular flexibility index (Phi) is 5.31. The van der Waals surface area contributed by atoms with Crippen LogP contribution in [-0.2, 0) is 19.1 Å². The first-order valence-corrected chi connectivity index (χ1v) is 5.20. The van der Waals surface area contributed by atoms with Crippen LogP contribution in [-0.4, -0.2) is 23.5 Å². The van der Waals surface area contributed by atoms with Crippen molar-refractivity contribution in [3.05, 3.63) is 55.4 Å². The molecule has 0 fully saturated rings. The number of aromatic nitrogens is 1. The third-order valence-corrected chi connectivity index (χ3v) is 1.99. The van der Waals surface area contributed by atoms with Crippen molar-refractivity contribution in [2.24, 2.45) is 0 Å². The molecule has 0 amide bonds. The van der Waals surface area contributed by atoms with E-state index in [2.05, 4.69) is 18.1 Å². The SMILES string of the molecule is C=CC(=O)OCC(OC(=O)C=C)c1ccccn1. The third-order valence-electron chi connectivity index (χ3n) is 1.99. The Morgan fingerprint density at radius 2 is 2.00 bits per heavy atom. The first-order chi connectivity index (χ1) is 8.67. The summed E-state index contributed by atoms with van der Waals surface area (Å²) in [7, 11) is 0. The van der Waals surface area contributed by atoms with Gasteiger partial charge < -0.3 is 9.47 Å². The number of carbonyl (C=O) groups is 2. The summed E-state index contributed by atoms with van der Waals surface area (Å²) >= 11 is 0. The number of nitrogens with zero attached hydrogens (tertiary/aromatic N) is 1. The molecule has 1 unspecified atom stereocenters. The minimum atomic E-state index is -0.763. The molecule has 0 saturated heterocycles. The number of carbonyl (C=O) groups excluding carboxylic acids is 2. The second kappa shape index (κ2) is 7.01. The molecule has 0 radical (unpaired) electrons. The zero-order valence-electron chi connectivity index (χ0n) is 9.74. The predicted octanol–water partition coefficient (Wildman–Crippen LogP) is 1.58. The maximum absolute atomic E-state index is 11.2. The Hall–Kier alpha value is -2.43. The Morgan fingerprint density at radius 1 is 1.28 bits per heavy atom. The molecular formula is C13H13NO4. The molecule has 94 valence electrons. The molecule has 18 heavy (non-hydrogen) atoms. The number of hydrogen-bond acceptors (Lipinski definition) is 5. The van der Waals surface area contributed by atoms with E-state index in [0.717, 1.165) is 12.2 Å². The summed E-state index contributed by atoms with van der Waals surface area (Å²) in [5.41, 5.74) is 0.490. The summed E-state index contributed by atoms with van der Waals surface area (Å²) in [6.07, 6.45) is 2.86. The molecule has 0 N–H and O–H groups in total. The molecule has 1 heterocycles. The van der Waals surface area contributed by atoms with E-state index in [4.69, 9.17) is 9.47 Å². The van der Waals surface area contributed by atoms with Gasteiger partial charge >= 0.3 is 11.9 Å². The van der Waals surface area contributed by atoms with Crippen LogP contribution >= 0.6 is 0 Å². The van der Waals surface area contributed by atoms with Gasteiger partial charge in [0.25, 0.3) is 0 Å². The van der Waals surface area contributed by atoms with Crippen LogP contribution in [0.1, 0.15) is 11.8 Å². The number of hydrogen-bond donors (Lipinski definition) is 0. The molecule has 0 aliphatic rings. The quantitative estimate of drug-likeness (QED) is 0.564. The lowest BCUT2D eigenvalue weighted by atomic mass is 10.2. The largest absolute Gasteiger partial charge is 0.458 e. The van der Waals surface area contributed by atoms with Gasteiger partial charge in [-0.05, 0) is 12.1 Å². The fraction of sp³-hybridized carbons (Fsp3) is 0.154. The van der Waals surface area contributed by atoms with E-state index < -0.39 is 18.0 Å². The minimum absolute atomic E-state index is 0.124. The highest BCUT2D eigenvalue weighted by Gasteiger charge is 2.18. The number of pyridine rings is 1. The first-order valence-electron chi connectivity index (χ1n) is 5.20. The average molecular weight is 247 g/mol. The molecule has 0 spiro atoms. The van der Waals surface area contributed by atoms with Crippen LogP contribution in [0.25, 0.3) is 0 Å². The van der Waals surface area contributed by atoms with Crippen LogP contribution in [0.4, 0.5) is 0 Å². The summed E-state index contributed by atoms with van der Waals surface area (Å²) in [6.45, 7) is 6.45. The molecule has 0 saturated carbocycles. The molecule has 1 rings (SSSR count). The van der Waals surface area contributed by atoms with Crippen molar-refractivity contribution in [3.8, 4) is 0 Å². The summed E-state index contributed by atoms with van der Waals surface area (Å²) in [5, 5.41) is 0. The number of ether oxygens (including phenoxy) is 2.